The van der Waals surface area contributed by atoms with E-state index < -0.39 is 86.7 Å². The van der Waals surface area contributed by atoms with Crippen LogP contribution in [-0.2, 0) is 33.2 Å². The maximum absolute atomic E-state index is 13.1. The number of hydrogen-bond acceptors (Lipinski definition) is 14. The van der Waals surface area contributed by atoms with Gasteiger partial charge < -0.3 is 64.2 Å². The van der Waals surface area contributed by atoms with Gasteiger partial charge in [-0.25, -0.2) is 0 Å². The summed E-state index contributed by atoms with van der Waals surface area (Å²) in [5.74, 6) is -0.401. The van der Waals surface area contributed by atoms with Crippen LogP contribution in [0.5, 0.6) is 0 Å². The standard InChI is InChI=1S/C63H106O14/c1-3-5-7-9-11-13-15-17-19-21-23-25-27-29-31-33-35-37-39-41-43-45-47-72-49-52(50-73-62-61(71)59(69)57(67)54(77-62)51-74-63-60(70)58(68)56(66)53(48-64)76-63)75-55(65)46-44-42-40-38-36-34-32-30-28-26-24-22-20-18-16-14-12-10-8-6-4-2/h6,8,12,14-15,17-18,20-21,23-24,26-27,29-30,32,52-54,56-64,66-71H,3-5,7,9-11,13,16,19,22,25,28,31,33-51H2,1-2H3/b8-6-,14-12-,17-15-,20-18-,23-21-,26-24-,29-27-,32-30-. The minimum Gasteiger partial charge on any atom is -0.457 e. The Labute approximate surface area is 464 Å². The lowest BCUT2D eigenvalue weighted by molar-refractivity contribution is -0.332. The van der Waals surface area contributed by atoms with E-state index in [-0.39, 0.29) is 19.6 Å². The molecule has 0 aromatic rings. The number of hydrogen-bond donors (Lipinski definition) is 7. The Morgan fingerprint density at radius 3 is 1.32 bits per heavy atom. The van der Waals surface area contributed by atoms with Gasteiger partial charge in [0.2, 0.25) is 0 Å². The van der Waals surface area contributed by atoms with Gasteiger partial charge in [-0.15, -0.1) is 0 Å². The molecule has 0 radical (unpaired) electrons. The molecule has 0 aromatic heterocycles. The van der Waals surface area contributed by atoms with Gasteiger partial charge in [0.25, 0.3) is 0 Å². The molecule has 2 fully saturated rings. The SMILES string of the molecule is CC/C=C\C/C=C\C/C=C\C/C=C\C/C=C\CCCCCCCC(=O)OC(COCCCCCCCCC/C=C\C/C=C\C/C=C\CCCCCCC)COC1OC(COC2OC(CO)C(O)C(O)C2O)C(O)C(O)C1O. The summed E-state index contributed by atoms with van der Waals surface area (Å²) in [5.41, 5.74) is 0. The van der Waals surface area contributed by atoms with Crippen molar-refractivity contribution in [1.82, 2.24) is 0 Å². The molecule has 0 aromatic carbocycles. The second-order valence-electron chi connectivity index (χ2n) is 20.4. The molecule has 0 saturated carbocycles. The van der Waals surface area contributed by atoms with E-state index in [1.165, 1.54) is 57.8 Å². The maximum Gasteiger partial charge on any atom is 0.306 e. The first-order valence-electron chi connectivity index (χ1n) is 29.8. The lowest BCUT2D eigenvalue weighted by Gasteiger charge is -2.42. The third-order valence-corrected chi connectivity index (χ3v) is 13.6. The number of ether oxygens (including phenoxy) is 6. The Bertz CT molecular complexity index is 1640. The van der Waals surface area contributed by atoms with E-state index in [2.05, 4.69) is 111 Å². The molecule has 2 aliphatic heterocycles. The van der Waals surface area contributed by atoms with Crippen molar-refractivity contribution < 1.29 is 69.0 Å². The van der Waals surface area contributed by atoms with Crippen molar-refractivity contribution in [2.75, 3.05) is 33.0 Å². The van der Waals surface area contributed by atoms with Crippen molar-refractivity contribution in [3.05, 3.63) is 97.2 Å². The highest BCUT2D eigenvalue weighted by molar-refractivity contribution is 5.69. The van der Waals surface area contributed by atoms with Crippen LogP contribution in [0, 0.1) is 0 Å². The molecule has 0 aliphatic carbocycles. The van der Waals surface area contributed by atoms with Crippen LogP contribution in [0.3, 0.4) is 0 Å². The fourth-order valence-electron chi connectivity index (χ4n) is 8.79. The number of unbranched alkanes of at least 4 members (excludes halogenated alkanes) is 17. The zero-order valence-corrected chi connectivity index (χ0v) is 47.4. The summed E-state index contributed by atoms with van der Waals surface area (Å²) in [7, 11) is 0. The van der Waals surface area contributed by atoms with Crippen LogP contribution >= 0.6 is 0 Å². The molecule has 7 N–H and O–H groups in total. The molecule has 11 atom stereocenters. The minimum atomic E-state index is -1.72. The quantitative estimate of drug-likeness (QED) is 0.0172. The van der Waals surface area contributed by atoms with E-state index in [1.54, 1.807) is 0 Å². The molecule has 2 aliphatic rings. The lowest BCUT2D eigenvalue weighted by Crippen LogP contribution is -2.61. The Morgan fingerprint density at radius 1 is 0.442 bits per heavy atom. The smallest absolute Gasteiger partial charge is 0.306 e. The van der Waals surface area contributed by atoms with Crippen LogP contribution in [-0.4, -0.2) is 142 Å². The van der Waals surface area contributed by atoms with Gasteiger partial charge in [-0.3, -0.25) is 4.79 Å². The number of rotatable bonds is 47. The molecule has 14 heteroatoms. The molecule has 0 spiro atoms. The molecule has 14 nitrogen and oxygen atoms in total. The average Bonchev–Trinajstić information content (AvgIpc) is 3.43. The number of esters is 1. The predicted octanol–water partition coefficient (Wildman–Crippen LogP) is 11.0. The van der Waals surface area contributed by atoms with E-state index >= 15 is 0 Å². The zero-order valence-electron chi connectivity index (χ0n) is 47.4. The summed E-state index contributed by atoms with van der Waals surface area (Å²) in [6, 6.07) is 0. The molecular formula is C63H106O14. The summed E-state index contributed by atoms with van der Waals surface area (Å²) in [5, 5.41) is 72.4. The third-order valence-electron chi connectivity index (χ3n) is 13.6. The van der Waals surface area contributed by atoms with E-state index in [0.717, 1.165) is 109 Å². The van der Waals surface area contributed by atoms with Gasteiger partial charge in [0.05, 0.1) is 26.4 Å². The molecule has 0 amide bonds. The van der Waals surface area contributed by atoms with Crippen LogP contribution in [0.4, 0.5) is 0 Å². The normalized spacial score (nSPS) is 25.0. The van der Waals surface area contributed by atoms with Crippen LogP contribution < -0.4 is 0 Å². The Hall–Kier alpha value is -3.09. The number of carbonyl (C=O) groups is 1. The first-order valence-corrected chi connectivity index (χ1v) is 29.8. The molecule has 77 heavy (non-hydrogen) atoms. The predicted molar refractivity (Wildman–Crippen MR) is 307 cm³/mol. The highest BCUT2D eigenvalue weighted by Crippen LogP contribution is 2.26. The molecule has 0 bridgehead atoms. The maximum atomic E-state index is 13.1. The highest BCUT2D eigenvalue weighted by atomic mass is 16.7. The van der Waals surface area contributed by atoms with Crippen LogP contribution in [0.1, 0.15) is 194 Å². The van der Waals surface area contributed by atoms with Gasteiger partial charge in [-0.05, 0) is 96.3 Å². The molecule has 2 heterocycles. The number of carbonyl (C=O) groups excluding carboxylic acids is 1. The van der Waals surface area contributed by atoms with Gasteiger partial charge in [0, 0.05) is 13.0 Å². The summed E-state index contributed by atoms with van der Waals surface area (Å²) in [4.78, 5) is 13.1. The Balaban J connectivity index is 1.73. The van der Waals surface area contributed by atoms with E-state index in [9.17, 15) is 40.5 Å². The van der Waals surface area contributed by atoms with Gasteiger partial charge in [-0.1, -0.05) is 188 Å². The molecular weight excluding hydrogens is 981 g/mol. The molecule has 2 saturated heterocycles. The summed E-state index contributed by atoms with van der Waals surface area (Å²) in [6.07, 6.45) is 48.9. The lowest BCUT2D eigenvalue weighted by atomic mass is 9.98. The van der Waals surface area contributed by atoms with E-state index in [0.29, 0.717) is 13.0 Å². The van der Waals surface area contributed by atoms with Crippen molar-refractivity contribution in [3.63, 3.8) is 0 Å². The van der Waals surface area contributed by atoms with Crippen LogP contribution in [0.15, 0.2) is 97.2 Å². The molecule has 442 valence electrons. The zero-order chi connectivity index (χ0) is 55.8. The first-order chi connectivity index (χ1) is 37.6. The molecule has 2 rings (SSSR count). The van der Waals surface area contributed by atoms with Crippen molar-refractivity contribution >= 4 is 5.97 Å². The highest BCUT2D eigenvalue weighted by Gasteiger charge is 2.47. The average molecular weight is 1090 g/mol. The van der Waals surface area contributed by atoms with Crippen molar-refractivity contribution in [2.45, 2.75) is 261 Å². The van der Waals surface area contributed by atoms with Gasteiger partial charge in [0.1, 0.15) is 54.9 Å². The largest absolute Gasteiger partial charge is 0.457 e. The number of aliphatic hydroxyl groups is 7. The van der Waals surface area contributed by atoms with Crippen LogP contribution in [0.25, 0.3) is 0 Å². The topological polar surface area (TPSA) is 214 Å². The van der Waals surface area contributed by atoms with Crippen molar-refractivity contribution in [3.8, 4) is 0 Å². The van der Waals surface area contributed by atoms with Crippen molar-refractivity contribution in [1.29, 1.82) is 0 Å². The number of aliphatic hydroxyl groups excluding tert-OH is 7. The van der Waals surface area contributed by atoms with Crippen LogP contribution in [0.2, 0.25) is 0 Å². The Morgan fingerprint density at radius 2 is 0.844 bits per heavy atom. The van der Waals surface area contributed by atoms with Gasteiger partial charge in [0.15, 0.2) is 12.6 Å². The van der Waals surface area contributed by atoms with E-state index in [1.807, 2.05) is 0 Å². The first kappa shape index (κ1) is 70.0. The summed E-state index contributed by atoms with van der Waals surface area (Å²) in [6.45, 7) is 3.50. The van der Waals surface area contributed by atoms with Gasteiger partial charge >= 0.3 is 5.97 Å². The second-order valence-corrected chi connectivity index (χ2v) is 20.4. The molecule has 11 unspecified atom stereocenters. The third kappa shape index (κ3) is 35.3. The summed E-state index contributed by atoms with van der Waals surface area (Å²) >= 11 is 0. The van der Waals surface area contributed by atoms with E-state index in [4.69, 9.17) is 28.4 Å². The Kier molecular flexibility index (Phi) is 44.4. The summed E-state index contributed by atoms with van der Waals surface area (Å²) < 4.78 is 34.4. The monoisotopic (exact) mass is 1090 g/mol. The van der Waals surface area contributed by atoms with Crippen molar-refractivity contribution in [2.24, 2.45) is 0 Å². The minimum absolute atomic E-state index is 0.0405. The number of allylic oxidation sites excluding steroid dienone is 16. The fourth-order valence-corrected chi connectivity index (χ4v) is 8.79. The van der Waals surface area contributed by atoms with Gasteiger partial charge in [-0.2, -0.15) is 0 Å². The second kappa shape index (κ2) is 48.8. The fraction of sp³-hybridized carbons (Fsp3) is 0.730.